The van der Waals surface area contributed by atoms with Gasteiger partial charge in [-0.2, -0.15) is 5.10 Å². The monoisotopic (exact) mass is 427 g/mol. The maximum absolute atomic E-state index is 5.67. The summed E-state index contributed by atoms with van der Waals surface area (Å²) < 4.78 is 13.2. The lowest BCUT2D eigenvalue weighted by atomic mass is 9.99. The molecular weight excluding hydrogens is 406 g/mol. The first-order chi connectivity index (χ1) is 15.4. The van der Waals surface area contributed by atoms with Crippen molar-refractivity contribution in [1.29, 1.82) is 0 Å². The molecule has 0 saturated heterocycles. The van der Waals surface area contributed by atoms with Crippen molar-refractivity contribution in [2.75, 3.05) is 24.4 Å². The molecule has 6 rings (SSSR count). The smallest absolute Gasteiger partial charge is 0.231 e. The summed E-state index contributed by atoms with van der Waals surface area (Å²) in [7, 11) is 0. The highest BCUT2D eigenvalue weighted by Crippen LogP contribution is 2.48. The molecule has 0 unspecified atom stereocenters. The van der Waals surface area contributed by atoms with Gasteiger partial charge >= 0.3 is 0 Å². The van der Waals surface area contributed by atoms with Crippen molar-refractivity contribution in [3.05, 3.63) is 90.0 Å². The lowest BCUT2D eigenvalue weighted by Gasteiger charge is -2.17. The van der Waals surface area contributed by atoms with Gasteiger partial charge in [-0.25, -0.2) is 4.68 Å². The molecule has 0 aliphatic carbocycles. The third-order valence-corrected chi connectivity index (χ3v) is 6.89. The van der Waals surface area contributed by atoms with Crippen LogP contribution < -0.4 is 14.8 Å². The van der Waals surface area contributed by atoms with E-state index in [1.54, 1.807) is 0 Å². The summed E-state index contributed by atoms with van der Waals surface area (Å²) in [6.45, 7) is 1.16. The van der Waals surface area contributed by atoms with Crippen LogP contribution in [0.4, 0.5) is 5.82 Å². The summed E-state index contributed by atoms with van der Waals surface area (Å²) in [4.78, 5) is 0. The SMILES string of the molecule is c1ccc(-c2nn(-c3ccccc3)c3c2[C@@H](c2ccc4c(c2)OCO4)SCCN3)cc1. The van der Waals surface area contributed by atoms with Crippen LogP contribution in [0.2, 0.25) is 0 Å². The summed E-state index contributed by atoms with van der Waals surface area (Å²) in [5.41, 5.74) is 5.57. The molecule has 3 heterocycles. The zero-order valence-corrected chi connectivity index (χ0v) is 17.6. The van der Waals surface area contributed by atoms with Crippen LogP contribution in [0.5, 0.6) is 11.5 Å². The molecule has 6 heteroatoms. The minimum atomic E-state index is 0.132. The molecule has 0 saturated carbocycles. The second kappa shape index (κ2) is 7.71. The molecule has 2 aliphatic rings. The summed E-state index contributed by atoms with van der Waals surface area (Å²) in [5, 5.41) is 8.90. The minimum Gasteiger partial charge on any atom is -0.454 e. The molecule has 0 spiro atoms. The predicted octanol–water partition coefficient (Wildman–Crippen LogP) is 5.52. The molecule has 0 fully saturated rings. The van der Waals surface area contributed by atoms with E-state index in [1.165, 1.54) is 11.1 Å². The van der Waals surface area contributed by atoms with E-state index in [-0.39, 0.29) is 12.0 Å². The number of fused-ring (bicyclic) bond motifs is 2. The van der Waals surface area contributed by atoms with Crippen LogP contribution in [-0.4, -0.2) is 28.9 Å². The second-order valence-corrected chi connectivity index (χ2v) is 8.73. The van der Waals surface area contributed by atoms with Crippen molar-refractivity contribution in [3.8, 4) is 28.4 Å². The van der Waals surface area contributed by atoms with Crippen molar-refractivity contribution in [3.63, 3.8) is 0 Å². The van der Waals surface area contributed by atoms with Gasteiger partial charge in [-0.05, 0) is 29.8 Å². The Morgan fingerprint density at radius 1 is 0.903 bits per heavy atom. The Morgan fingerprint density at radius 3 is 2.52 bits per heavy atom. The molecule has 3 aromatic carbocycles. The molecule has 2 aliphatic heterocycles. The van der Waals surface area contributed by atoms with E-state index >= 15 is 0 Å². The highest BCUT2D eigenvalue weighted by atomic mass is 32.2. The standard InChI is InChI=1S/C25H21N3O2S/c1-3-7-17(8-4-1)23-22-24(18-11-12-20-21(15-18)30-16-29-20)31-14-13-26-25(22)28(27-23)19-9-5-2-6-10-19/h1-12,15,24,26H,13-14,16H2/t24-/m1/s1. The van der Waals surface area contributed by atoms with Crippen molar-refractivity contribution < 1.29 is 9.47 Å². The maximum Gasteiger partial charge on any atom is 0.231 e. The van der Waals surface area contributed by atoms with Crippen LogP contribution in [0.1, 0.15) is 16.4 Å². The van der Waals surface area contributed by atoms with E-state index in [4.69, 9.17) is 14.6 Å². The largest absolute Gasteiger partial charge is 0.454 e. The average Bonchev–Trinajstić information content (AvgIpc) is 3.39. The lowest BCUT2D eigenvalue weighted by Crippen LogP contribution is -2.08. The maximum atomic E-state index is 5.67. The van der Waals surface area contributed by atoms with Crippen molar-refractivity contribution in [1.82, 2.24) is 9.78 Å². The molecule has 4 aromatic rings. The third kappa shape index (κ3) is 3.24. The van der Waals surface area contributed by atoms with Gasteiger partial charge in [-0.1, -0.05) is 54.6 Å². The predicted molar refractivity (Wildman–Crippen MR) is 124 cm³/mol. The van der Waals surface area contributed by atoms with Gasteiger partial charge in [0.25, 0.3) is 0 Å². The third-order valence-electron chi connectivity index (χ3n) is 5.61. The Hall–Kier alpha value is -3.38. The fourth-order valence-corrected chi connectivity index (χ4v) is 5.37. The molecule has 154 valence electrons. The van der Waals surface area contributed by atoms with E-state index in [2.05, 4.69) is 53.8 Å². The number of para-hydroxylation sites is 1. The number of anilines is 1. The van der Waals surface area contributed by atoms with Crippen LogP contribution in [0.15, 0.2) is 78.9 Å². The Kier molecular flexibility index (Phi) is 4.57. The van der Waals surface area contributed by atoms with Gasteiger partial charge in [0.15, 0.2) is 11.5 Å². The van der Waals surface area contributed by atoms with Crippen molar-refractivity contribution in [2.24, 2.45) is 0 Å². The van der Waals surface area contributed by atoms with Gasteiger partial charge in [0.05, 0.1) is 16.6 Å². The Bertz CT molecular complexity index is 1220. The summed E-state index contributed by atoms with van der Waals surface area (Å²) >= 11 is 1.93. The molecule has 0 amide bonds. The fourth-order valence-electron chi connectivity index (χ4n) is 4.18. The lowest BCUT2D eigenvalue weighted by molar-refractivity contribution is 0.174. The van der Waals surface area contributed by atoms with Gasteiger partial charge in [-0.15, -0.1) is 11.8 Å². The molecule has 1 aromatic heterocycles. The highest BCUT2D eigenvalue weighted by Gasteiger charge is 2.31. The normalized spacial score (nSPS) is 17.0. The number of nitrogens with zero attached hydrogens (tertiary/aromatic N) is 2. The van der Waals surface area contributed by atoms with Crippen molar-refractivity contribution in [2.45, 2.75) is 5.25 Å². The molecular formula is C25H21N3O2S. The van der Waals surface area contributed by atoms with Gasteiger partial charge in [0.2, 0.25) is 6.79 Å². The van der Waals surface area contributed by atoms with Crippen LogP contribution in [-0.2, 0) is 0 Å². The highest BCUT2D eigenvalue weighted by molar-refractivity contribution is 7.99. The zero-order chi connectivity index (χ0) is 20.6. The first-order valence-electron chi connectivity index (χ1n) is 10.4. The van der Waals surface area contributed by atoms with Crippen LogP contribution >= 0.6 is 11.8 Å². The van der Waals surface area contributed by atoms with Crippen LogP contribution in [0.3, 0.4) is 0 Å². The molecule has 5 nitrogen and oxygen atoms in total. The Morgan fingerprint density at radius 2 is 1.68 bits per heavy atom. The molecule has 1 N–H and O–H groups in total. The van der Waals surface area contributed by atoms with Gasteiger partial charge in [0, 0.05) is 23.4 Å². The number of aromatic nitrogens is 2. The first kappa shape index (κ1) is 18.4. The summed E-state index contributed by atoms with van der Waals surface area (Å²) in [6.07, 6.45) is 0. The molecule has 31 heavy (non-hydrogen) atoms. The Balaban J connectivity index is 1.57. The van der Waals surface area contributed by atoms with Gasteiger partial charge in [-0.3, -0.25) is 0 Å². The number of benzene rings is 3. The first-order valence-corrected chi connectivity index (χ1v) is 11.4. The minimum absolute atomic E-state index is 0.132. The zero-order valence-electron chi connectivity index (χ0n) is 16.8. The van der Waals surface area contributed by atoms with E-state index in [1.807, 2.05) is 46.8 Å². The topological polar surface area (TPSA) is 48.3 Å². The van der Waals surface area contributed by atoms with Crippen LogP contribution in [0.25, 0.3) is 16.9 Å². The number of ether oxygens (including phenoxy) is 2. The molecule has 0 bridgehead atoms. The summed E-state index contributed by atoms with van der Waals surface area (Å²) in [6, 6.07) is 27.0. The van der Waals surface area contributed by atoms with Crippen LogP contribution in [0, 0.1) is 0 Å². The fraction of sp³-hybridized carbons (Fsp3) is 0.160. The van der Waals surface area contributed by atoms with E-state index < -0.39 is 0 Å². The molecule has 1 atom stereocenters. The van der Waals surface area contributed by atoms with Gasteiger partial charge in [0.1, 0.15) is 5.82 Å². The quantitative estimate of drug-likeness (QED) is 0.467. The number of thioether (sulfide) groups is 1. The number of rotatable bonds is 3. The second-order valence-electron chi connectivity index (χ2n) is 7.51. The summed E-state index contributed by atoms with van der Waals surface area (Å²) in [5.74, 6) is 3.67. The van der Waals surface area contributed by atoms with E-state index in [9.17, 15) is 0 Å². The van der Waals surface area contributed by atoms with Crippen molar-refractivity contribution >= 4 is 17.6 Å². The van der Waals surface area contributed by atoms with E-state index in [0.29, 0.717) is 0 Å². The number of nitrogens with one attached hydrogen (secondary N) is 1. The molecule has 0 radical (unpaired) electrons. The Labute approximate surface area is 185 Å². The van der Waals surface area contributed by atoms with Gasteiger partial charge < -0.3 is 14.8 Å². The number of hydrogen-bond acceptors (Lipinski definition) is 5. The van der Waals surface area contributed by atoms with E-state index in [0.717, 1.165) is 46.6 Å². The average molecular weight is 428 g/mol. The number of hydrogen-bond donors (Lipinski definition) is 1.